The number of hydrogen-bond acceptors (Lipinski definition) is 7. The minimum absolute atomic E-state index is 0.0131. The molecule has 0 unspecified atom stereocenters. The average Bonchev–Trinajstić information content (AvgIpc) is 3.70. The summed E-state index contributed by atoms with van der Waals surface area (Å²) in [5, 5.41) is 17.0. The van der Waals surface area contributed by atoms with Crippen LogP contribution in [0, 0.1) is 5.82 Å². The Hall–Kier alpha value is -5.20. The number of halogens is 2. The van der Waals surface area contributed by atoms with Crippen LogP contribution in [0.15, 0.2) is 91.5 Å². The van der Waals surface area contributed by atoms with E-state index in [2.05, 4.69) is 31.1 Å². The van der Waals surface area contributed by atoms with Gasteiger partial charge in [-0.2, -0.15) is 4.68 Å². The monoisotopic (exact) mass is 613 g/mol. The van der Waals surface area contributed by atoms with Crippen molar-refractivity contribution in [3.05, 3.63) is 119 Å². The van der Waals surface area contributed by atoms with Crippen molar-refractivity contribution in [2.45, 2.75) is 19.0 Å². The first-order valence-corrected chi connectivity index (χ1v) is 14.0. The van der Waals surface area contributed by atoms with Crippen LogP contribution in [0.3, 0.4) is 0 Å². The van der Waals surface area contributed by atoms with E-state index in [4.69, 9.17) is 11.6 Å². The molecule has 2 aromatic heterocycles. The van der Waals surface area contributed by atoms with E-state index in [9.17, 15) is 9.59 Å². The third-order valence-corrected chi connectivity index (χ3v) is 6.81. The van der Waals surface area contributed by atoms with Crippen molar-refractivity contribution in [2.24, 2.45) is 0 Å². The molecule has 0 aliphatic rings. The zero-order valence-corrected chi connectivity index (χ0v) is 24.7. The van der Waals surface area contributed by atoms with E-state index in [1.165, 1.54) is 29.2 Å². The van der Waals surface area contributed by atoms with Gasteiger partial charge in [0.05, 0.1) is 17.9 Å². The van der Waals surface area contributed by atoms with Crippen molar-refractivity contribution in [3.63, 3.8) is 0 Å². The number of carbonyl (C=O) groups is 2. The third-order valence-electron chi connectivity index (χ3n) is 6.58. The summed E-state index contributed by atoms with van der Waals surface area (Å²) in [6, 6.07) is 17.8. The molecule has 0 bridgehead atoms. The van der Waals surface area contributed by atoms with Gasteiger partial charge in [0.15, 0.2) is 0 Å². The number of carbonyl (C=O) groups excluding carboxylic acids is 2. The van der Waals surface area contributed by atoms with Gasteiger partial charge in [0, 0.05) is 47.2 Å². The summed E-state index contributed by atoms with van der Waals surface area (Å²) in [7, 11) is 3.84. The first-order valence-electron chi connectivity index (χ1n) is 13.6. The number of imidazole rings is 1. The van der Waals surface area contributed by atoms with Gasteiger partial charge in [-0.15, -0.1) is 5.10 Å². The van der Waals surface area contributed by atoms with Crippen molar-refractivity contribution in [1.29, 1.82) is 0 Å². The normalized spacial score (nSPS) is 12.0. The van der Waals surface area contributed by atoms with E-state index < -0.39 is 23.7 Å². The molecule has 11 nitrogen and oxygen atoms in total. The SMILES string of the molecule is CN(C)Cc1nccn1-c1ccc(NC(=O)[C@H](Cc2ccccc2)NC(=O)C=Cc2cc(Cl)ccc2-n2cnnn2)c(F)c1. The number of rotatable bonds is 11. The number of amides is 2. The van der Waals surface area contributed by atoms with Gasteiger partial charge in [-0.1, -0.05) is 41.9 Å². The van der Waals surface area contributed by atoms with Crippen molar-refractivity contribution < 1.29 is 14.0 Å². The first kappa shape index (κ1) is 30.3. The molecular formula is C31H29ClFN9O2. The van der Waals surface area contributed by atoms with Crippen molar-refractivity contribution in [1.82, 2.24) is 40.0 Å². The summed E-state index contributed by atoms with van der Waals surface area (Å²) in [4.78, 5) is 32.8. The maximum absolute atomic E-state index is 15.3. The van der Waals surface area contributed by atoms with Gasteiger partial charge in [0.2, 0.25) is 11.8 Å². The van der Waals surface area contributed by atoms with E-state index in [0.717, 1.165) is 11.4 Å². The van der Waals surface area contributed by atoms with Crippen LogP contribution in [0.5, 0.6) is 0 Å². The number of nitrogens with zero attached hydrogens (tertiary/aromatic N) is 7. The van der Waals surface area contributed by atoms with E-state index in [-0.39, 0.29) is 12.1 Å². The molecule has 224 valence electrons. The summed E-state index contributed by atoms with van der Waals surface area (Å²) >= 11 is 6.18. The van der Waals surface area contributed by atoms with E-state index in [0.29, 0.717) is 28.5 Å². The highest BCUT2D eigenvalue weighted by Gasteiger charge is 2.22. The van der Waals surface area contributed by atoms with Crippen LogP contribution in [0.4, 0.5) is 10.1 Å². The Balaban J connectivity index is 1.34. The van der Waals surface area contributed by atoms with E-state index in [1.54, 1.807) is 47.3 Å². The summed E-state index contributed by atoms with van der Waals surface area (Å²) in [6.45, 7) is 0.568. The minimum Gasteiger partial charge on any atom is -0.340 e. The molecule has 3 aromatic carbocycles. The molecular weight excluding hydrogens is 585 g/mol. The highest BCUT2D eigenvalue weighted by molar-refractivity contribution is 6.30. The lowest BCUT2D eigenvalue weighted by atomic mass is 10.0. The molecule has 2 heterocycles. The maximum atomic E-state index is 15.3. The fraction of sp³-hybridized carbons (Fsp3) is 0.161. The zero-order chi connectivity index (χ0) is 31.1. The predicted molar refractivity (Wildman–Crippen MR) is 165 cm³/mol. The van der Waals surface area contributed by atoms with E-state index in [1.807, 2.05) is 49.3 Å². The summed E-state index contributed by atoms with van der Waals surface area (Å²) in [5.74, 6) is -0.989. The lowest BCUT2D eigenvalue weighted by molar-refractivity contribution is -0.123. The summed E-state index contributed by atoms with van der Waals surface area (Å²) in [6.07, 6.45) is 7.84. The molecule has 0 spiro atoms. The van der Waals surface area contributed by atoms with Gasteiger partial charge in [-0.3, -0.25) is 9.59 Å². The molecule has 0 saturated carbocycles. The summed E-state index contributed by atoms with van der Waals surface area (Å²) < 4.78 is 18.5. The Morgan fingerprint density at radius 2 is 1.91 bits per heavy atom. The van der Waals surface area contributed by atoms with Crippen molar-refractivity contribution in [3.8, 4) is 11.4 Å². The summed E-state index contributed by atoms with van der Waals surface area (Å²) in [5.41, 5.74) is 2.55. The number of tetrazole rings is 1. The second-order valence-electron chi connectivity index (χ2n) is 10.1. The Morgan fingerprint density at radius 1 is 1.09 bits per heavy atom. The van der Waals surface area contributed by atoms with Crippen LogP contribution in [0.25, 0.3) is 17.5 Å². The largest absolute Gasteiger partial charge is 0.340 e. The molecule has 0 radical (unpaired) electrons. The predicted octanol–water partition coefficient (Wildman–Crippen LogP) is 4.08. The molecule has 5 rings (SSSR count). The minimum atomic E-state index is -1.01. The molecule has 5 aromatic rings. The van der Waals surface area contributed by atoms with Crippen LogP contribution in [-0.2, 0) is 22.6 Å². The molecule has 13 heteroatoms. The number of nitrogens with one attached hydrogen (secondary N) is 2. The third kappa shape index (κ3) is 7.60. The second kappa shape index (κ2) is 13.8. The fourth-order valence-electron chi connectivity index (χ4n) is 4.53. The lowest BCUT2D eigenvalue weighted by Crippen LogP contribution is -2.44. The number of hydrogen-bond donors (Lipinski definition) is 2. The Bertz CT molecular complexity index is 1770. The molecule has 1 atom stereocenters. The molecule has 2 amide bonds. The van der Waals surface area contributed by atoms with Gasteiger partial charge in [-0.05, 0) is 66.5 Å². The van der Waals surface area contributed by atoms with Crippen LogP contribution in [-0.4, -0.2) is 66.6 Å². The van der Waals surface area contributed by atoms with Crippen molar-refractivity contribution >= 4 is 35.2 Å². The number of aromatic nitrogens is 6. The highest BCUT2D eigenvalue weighted by Crippen LogP contribution is 2.22. The smallest absolute Gasteiger partial charge is 0.247 e. The van der Waals surface area contributed by atoms with Crippen molar-refractivity contribution in [2.75, 3.05) is 19.4 Å². The molecule has 44 heavy (non-hydrogen) atoms. The first-order chi connectivity index (χ1) is 21.3. The van der Waals surface area contributed by atoms with Crippen LogP contribution < -0.4 is 10.6 Å². The molecule has 0 aliphatic carbocycles. The van der Waals surface area contributed by atoms with Gasteiger partial charge in [0.25, 0.3) is 0 Å². The second-order valence-corrected chi connectivity index (χ2v) is 10.6. The maximum Gasteiger partial charge on any atom is 0.247 e. The van der Waals surface area contributed by atoms with E-state index >= 15 is 4.39 Å². The molecule has 0 aliphatic heterocycles. The Morgan fingerprint density at radius 3 is 2.64 bits per heavy atom. The molecule has 0 fully saturated rings. The topological polar surface area (TPSA) is 123 Å². The fourth-order valence-corrected chi connectivity index (χ4v) is 4.71. The highest BCUT2D eigenvalue weighted by atomic mass is 35.5. The van der Waals surface area contributed by atoms with Gasteiger partial charge >= 0.3 is 0 Å². The lowest BCUT2D eigenvalue weighted by Gasteiger charge is -2.19. The molecule has 0 saturated heterocycles. The Labute approximate surface area is 258 Å². The van der Waals surface area contributed by atoms with Crippen LogP contribution in [0.1, 0.15) is 17.0 Å². The van der Waals surface area contributed by atoms with Crippen LogP contribution >= 0.6 is 11.6 Å². The number of benzene rings is 3. The molecule has 2 N–H and O–H groups in total. The Kier molecular flexibility index (Phi) is 9.52. The number of anilines is 1. The van der Waals surface area contributed by atoms with Crippen LogP contribution in [0.2, 0.25) is 5.02 Å². The quantitative estimate of drug-likeness (QED) is 0.215. The van der Waals surface area contributed by atoms with Gasteiger partial charge in [0.1, 0.15) is 24.0 Å². The van der Waals surface area contributed by atoms with Gasteiger partial charge < -0.3 is 20.1 Å². The van der Waals surface area contributed by atoms with Gasteiger partial charge in [-0.25, -0.2) is 9.37 Å². The standard InChI is InChI=1S/C31H29ClFN9O2/c1-40(2)19-29-34-14-15-41(29)24-10-11-26(25(33)18-24)37-31(44)27(16-21-6-4-3-5-7-21)36-30(43)13-8-22-17-23(32)9-12-28(22)42-20-35-38-39-42/h3-15,17-18,20,27H,16,19H2,1-2H3,(H,36,43)(H,37,44)/t27-/m0/s1. The zero-order valence-electron chi connectivity index (χ0n) is 23.9. The average molecular weight is 614 g/mol.